The zero-order valence-corrected chi connectivity index (χ0v) is 24.1. The summed E-state index contributed by atoms with van der Waals surface area (Å²) in [7, 11) is -4.00. The molecule has 1 amide bonds. The van der Waals surface area contributed by atoms with Crippen LogP contribution in [0.3, 0.4) is 0 Å². The number of piperazine rings is 1. The number of pyridine rings is 2. The van der Waals surface area contributed by atoms with E-state index in [2.05, 4.69) is 21.5 Å². The smallest absolute Gasteiger partial charge is 0.355 e. The van der Waals surface area contributed by atoms with E-state index in [9.17, 15) is 26.8 Å². The number of hydrogen-bond acceptors (Lipinski definition) is 9. The van der Waals surface area contributed by atoms with Crippen LogP contribution >= 0.6 is 0 Å². The van der Waals surface area contributed by atoms with Gasteiger partial charge >= 0.3 is 5.69 Å². The highest BCUT2D eigenvalue weighted by Gasteiger charge is 2.32. The number of fused-ring (bicyclic) bond motifs is 1. The van der Waals surface area contributed by atoms with Gasteiger partial charge in [-0.2, -0.15) is 4.98 Å². The van der Waals surface area contributed by atoms with Gasteiger partial charge in [-0.1, -0.05) is 12.6 Å². The van der Waals surface area contributed by atoms with Crippen molar-refractivity contribution in [1.29, 1.82) is 0 Å². The van der Waals surface area contributed by atoms with Gasteiger partial charge in [0.2, 0.25) is 0 Å². The van der Waals surface area contributed by atoms with Crippen LogP contribution in [-0.2, 0) is 14.6 Å². The molecule has 3 aromatic heterocycles. The van der Waals surface area contributed by atoms with Gasteiger partial charge in [0.1, 0.15) is 17.3 Å². The molecule has 1 aliphatic rings. The molecule has 1 aromatic carbocycles. The number of amides is 1. The fourth-order valence-electron chi connectivity index (χ4n) is 5.19. The fraction of sp³-hybridized carbons (Fsp3) is 0.250. The molecule has 0 saturated carbocycles. The minimum Gasteiger partial charge on any atom is -0.398 e. The van der Waals surface area contributed by atoms with Crippen molar-refractivity contribution in [2.24, 2.45) is 0 Å². The van der Waals surface area contributed by atoms with Crippen LogP contribution in [0.2, 0.25) is 0 Å². The Morgan fingerprint density at radius 1 is 1.14 bits per heavy atom. The second-order valence-electron chi connectivity index (χ2n) is 10.2. The molecule has 4 heterocycles. The quantitative estimate of drug-likeness (QED) is 0.265. The predicted molar refractivity (Wildman–Crippen MR) is 154 cm³/mol. The molecule has 1 fully saturated rings. The van der Waals surface area contributed by atoms with Gasteiger partial charge in [-0.05, 0) is 43.7 Å². The summed E-state index contributed by atoms with van der Waals surface area (Å²) in [5.74, 6) is -3.87. The van der Waals surface area contributed by atoms with Crippen LogP contribution < -0.4 is 16.3 Å². The van der Waals surface area contributed by atoms with Gasteiger partial charge in [-0.25, -0.2) is 40.9 Å². The number of nitrogens with two attached hydrogens (primary N) is 1. The molecule has 1 saturated heterocycles. The van der Waals surface area contributed by atoms with Gasteiger partial charge in [-0.3, -0.25) is 4.79 Å². The highest BCUT2D eigenvalue weighted by molar-refractivity contribution is 7.90. The molecule has 5 rings (SSSR count). The maximum atomic E-state index is 15.8. The molecule has 4 aromatic rings. The van der Waals surface area contributed by atoms with Crippen LogP contribution in [0.25, 0.3) is 28.0 Å². The summed E-state index contributed by atoms with van der Waals surface area (Å²) >= 11 is 0. The fourth-order valence-corrected chi connectivity index (χ4v) is 6.05. The van der Waals surface area contributed by atoms with Crippen LogP contribution in [-0.4, -0.2) is 70.7 Å². The SMILES string of the molecule is C=C(F)C(=O)N1CCN(c2nc(=O)n(-c3c(C)ccnc3S(C)(=O)=O)c3nc(-c4c(N)cccc4F)c(F)cc23)[C@@H](C)C1. The lowest BCUT2D eigenvalue weighted by Gasteiger charge is -2.40. The number of sulfone groups is 1. The average Bonchev–Trinajstić information content (AvgIpc) is 2.92. The third-order valence-corrected chi connectivity index (χ3v) is 8.17. The van der Waals surface area contributed by atoms with Crippen LogP contribution in [0.4, 0.5) is 24.7 Å². The largest absolute Gasteiger partial charge is 0.398 e. The van der Waals surface area contributed by atoms with Crippen LogP contribution in [0.5, 0.6) is 0 Å². The molecule has 0 bridgehead atoms. The van der Waals surface area contributed by atoms with Gasteiger partial charge < -0.3 is 15.5 Å². The predicted octanol–water partition coefficient (Wildman–Crippen LogP) is 2.94. The molecular weight excluding hydrogens is 587 g/mol. The summed E-state index contributed by atoms with van der Waals surface area (Å²) in [5, 5.41) is -0.463. The third kappa shape index (κ3) is 5.20. The van der Waals surface area contributed by atoms with E-state index in [0.29, 0.717) is 5.56 Å². The molecule has 1 atom stereocenters. The highest BCUT2D eigenvalue weighted by Crippen LogP contribution is 2.35. The Morgan fingerprint density at radius 2 is 1.86 bits per heavy atom. The monoisotopic (exact) mass is 613 g/mol. The Bertz CT molecular complexity index is 1980. The summed E-state index contributed by atoms with van der Waals surface area (Å²) < 4.78 is 70.7. The van der Waals surface area contributed by atoms with Crippen molar-refractivity contribution in [1.82, 2.24) is 24.4 Å². The summed E-state index contributed by atoms with van der Waals surface area (Å²) in [6, 6.07) is 5.74. The maximum Gasteiger partial charge on any atom is 0.355 e. The number of rotatable bonds is 5. The highest BCUT2D eigenvalue weighted by atomic mass is 32.2. The van der Waals surface area contributed by atoms with E-state index in [0.717, 1.165) is 23.0 Å². The summed E-state index contributed by atoms with van der Waals surface area (Å²) in [4.78, 5) is 41.4. The zero-order chi connectivity index (χ0) is 31.4. The molecular formula is C28H26F3N7O4S. The molecule has 0 radical (unpaired) electrons. The molecule has 0 aliphatic carbocycles. The van der Waals surface area contributed by atoms with Gasteiger partial charge in [0.25, 0.3) is 5.91 Å². The van der Waals surface area contributed by atoms with Crippen molar-refractivity contribution < 1.29 is 26.4 Å². The van der Waals surface area contributed by atoms with Crippen molar-refractivity contribution in [2.45, 2.75) is 24.9 Å². The molecule has 11 nitrogen and oxygen atoms in total. The normalized spacial score (nSPS) is 15.6. The van der Waals surface area contributed by atoms with E-state index < -0.39 is 55.7 Å². The van der Waals surface area contributed by atoms with E-state index in [1.165, 1.54) is 29.3 Å². The lowest BCUT2D eigenvalue weighted by Crippen LogP contribution is -2.54. The number of aryl methyl sites for hydroxylation is 1. The Hall–Kier alpha value is -4.79. The second kappa shape index (κ2) is 10.8. The topological polar surface area (TPSA) is 144 Å². The van der Waals surface area contributed by atoms with Crippen LogP contribution in [0.15, 0.2) is 58.8 Å². The minimum atomic E-state index is -4.00. The first-order chi connectivity index (χ1) is 20.2. The van der Waals surface area contributed by atoms with Crippen molar-refractivity contribution in [2.75, 3.05) is 36.5 Å². The van der Waals surface area contributed by atoms with Gasteiger partial charge in [-0.15, -0.1) is 0 Å². The maximum absolute atomic E-state index is 15.8. The number of benzene rings is 1. The van der Waals surface area contributed by atoms with Crippen molar-refractivity contribution >= 4 is 38.3 Å². The van der Waals surface area contributed by atoms with Crippen molar-refractivity contribution in [3.8, 4) is 16.9 Å². The number of nitrogens with zero attached hydrogens (tertiary/aromatic N) is 6. The number of anilines is 2. The van der Waals surface area contributed by atoms with E-state index in [4.69, 9.17) is 5.73 Å². The molecule has 0 unspecified atom stereocenters. The van der Waals surface area contributed by atoms with Gasteiger partial charge in [0.05, 0.1) is 16.6 Å². The Labute approximate surface area is 244 Å². The lowest BCUT2D eigenvalue weighted by atomic mass is 10.1. The minimum absolute atomic E-state index is 0.0139. The third-order valence-electron chi connectivity index (χ3n) is 7.17. The Kier molecular flexibility index (Phi) is 7.46. The van der Waals surface area contributed by atoms with Crippen molar-refractivity contribution in [3.63, 3.8) is 0 Å². The molecule has 43 heavy (non-hydrogen) atoms. The van der Waals surface area contributed by atoms with E-state index in [1.807, 2.05) is 0 Å². The number of hydrogen-bond donors (Lipinski definition) is 1. The van der Waals surface area contributed by atoms with Gasteiger partial charge in [0, 0.05) is 43.8 Å². The summed E-state index contributed by atoms with van der Waals surface area (Å²) in [5.41, 5.74) is 3.95. The number of aromatic nitrogens is 4. The summed E-state index contributed by atoms with van der Waals surface area (Å²) in [6.07, 6.45) is 2.18. The summed E-state index contributed by atoms with van der Waals surface area (Å²) in [6.45, 7) is 6.45. The molecule has 0 spiro atoms. The molecule has 224 valence electrons. The lowest BCUT2D eigenvalue weighted by molar-refractivity contribution is -0.129. The number of carbonyl (C=O) groups excluding carboxylic acids is 1. The van der Waals surface area contributed by atoms with E-state index in [-0.39, 0.29) is 53.4 Å². The van der Waals surface area contributed by atoms with E-state index in [1.54, 1.807) is 18.7 Å². The van der Waals surface area contributed by atoms with Crippen molar-refractivity contribution in [3.05, 3.63) is 76.6 Å². The van der Waals surface area contributed by atoms with E-state index >= 15 is 4.39 Å². The van der Waals surface area contributed by atoms with Crippen LogP contribution in [0, 0.1) is 18.6 Å². The zero-order valence-electron chi connectivity index (χ0n) is 23.3. The standard InChI is InChI=1S/C28H26F3N7O4S/c1-14-8-9-33-26(43(4,41)42)23(14)38-25-17(12-19(31)22(34-25)21-18(30)6-5-7-20(21)32)24(35-28(38)40)37-11-10-36(13-15(37)2)27(39)16(3)29/h5-9,12,15H,3,10-11,13,32H2,1-2,4H3/t15-/m0/s1. The molecule has 2 N–H and O–H groups in total. The molecule has 15 heteroatoms. The molecule has 1 aliphatic heterocycles. The Balaban J connectivity index is 1.84. The number of nitrogen functional groups attached to an aromatic ring is 1. The Morgan fingerprint density at radius 3 is 2.49 bits per heavy atom. The average molecular weight is 614 g/mol. The first-order valence-corrected chi connectivity index (χ1v) is 14.8. The second-order valence-corrected chi connectivity index (χ2v) is 12.1. The van der Waals surface area contributed by atoms with Gasteiger partial charge in [0.15, 0.2) is 32.2 Å². The number of halogens is 3. The van der Waals surface area contributed by atoms with Crippen LogP contribution in [0.1, 0.15) is 12.5 Å². The number of carbonyl (C=O) groups is 1. The first kappa shape index (κ1) is 29.7. The first-order valence-electron chi connectivity index (χ1n) is 12.9.